The Kier molecular flexibility index (Phi) is 3.62. The van der Waals surface area contributed by atoms with E-state index in [9.17, 15) is 5.48 Å². The summed E-state index contributed by atoms with van der Waals surface area (Å²) in [6, 6.07) is 20.1. The van der Waals surface area contributed by atoms with Crippen LogP contribution in [0.25, 0.3) is 88.0 Å². The highest BCUT2D eigenvalue weighted by molar-refractivity contribution is 6.25. The first kappa shape index (κ1) is 15.7. The molecule has 1 nitrogen and oxygen atoms in total. The normalized spacial score (nSPS) is 15.6. The highest BCUT2D eigenvalue weighted by Crippen LogP contribution is 2.49. The van der Waals surface area contributed by atoms with Crippen molar-refractivity contribution in [3.05, 3.63) is 170 Å². The molecule has 0 aliphatic carbocycles. The number of para-hydroxylation sites is 1. The lowest BCUT2D eigenvalue weighted by atomic mass is 9.82. The van der Waals surface area contributed by atoms with Crippen LogP contribution in [-0.4, -0.2) is 0 Å². The maximum absolute atomic E-state index is 9.50. The van der Waals surface area contributed by atoms with Gasteiger partial charge in [-0.2, -0.15) is 0 Å². The maximum atomic E-state index is 9.50. The first-order chi connectivity index (χ1) is 27.7. The number of fused-ring (bicyclic) bond motifs is 5. The Bertz CT molecular complexity index is 3150. The summed E-state index contributed by atoms with van der Waals surface area (Å²) in [5.74, 6) is 0. The summed E-state index contributed by atoms with van der Waals surface area (Å²) in [4.78, 5) is 0. The van der Waals surface area contributed by atoms with Crippen LogP contribution in [0, 0.1) is 0 Å². The molecule has 210 valence electrons. The molecule has 0 unspecified atom stereocenters. The van der Waals surface area contributed by atoms with Gasteiger partial charge in [0.2, 0.25) is 0 Å². The van der Waals surface area contributed by atoms with Gasteiger partial charge in [-0.25, -0.2) is 0 Å². The Hall–Kier alpha value is -5.92. The van der Waals surface area contributed by atoms with Gasteiger partial charge >= 0.3 is 0 Å². The van der Waals surface area contributed by atoms with Gasteiger partial charge in [-0.05, 0) is 84.8 Å². The summed E-state index contributed by atoms with van der Waals surface area (Å²) in [6.45, 7) is 0. The Morgan fingerprint density at radius 1 is 0.378 bits per heavy atom. The molecule has 0 N–H and O–H groups in total. The zero-order chi connectivity index (χ0) is 41.1. The monoisotopic (exact) mass is 585 g/mol. The van der Waals surface area contributed by atoms with E-state index in [-0.39, 0.29) is 49.4 Å². The SMILES string of the molecule is [2H]c1c([2H])c([2H])c(-c2cccc(-c3c4c([2H])c([2H])c([2H])c([2H])c4c(-c4ccc5oc6ccccc6c5c4-c4ccccc4)c4c([2H])c([2H])c([2H])c([2H])c34)c2)c([2H])c1[2H]. The van der Waals surface area contributed by atoms with Crippen molar-refractivity contribution in [2.45, 2.75) is 0 Å². The van der Waals surface area contributed by atoms with Crippen LogP contribution in [0.1, 0.15) is 17.8 Å². The molecular formula is C44H28O. The van der Waals surface area contributed by atoms with E-state index in [1.165, 1.54) is 6.07 Å². The first-order valence-corrected chi connectivity index (χ1v) is 14.4. The van der Waals surface area contributed by atoms with E-state index in [1.54, 1.807) is 30.3 Å². The van der Waals surface area contributed by atoms with Crippen LogP contribution in [0.15, 0.2) is 174 Å². The predicted molar refractivity (Wildman–Crippen MR) is 190 cm³/mol. The molecule has 0 fully saturated rings. The lowest BCUT2D eigenvalue weighted by molar-refractivity contribution is 0.669. The van der Waals surface area contributed by atoms with Gasteiger partial charge in [0.15, 0.2) is 0 Å². The summed E-state index contributed by atoms with van der Waals surface area (Å²) in [5.41, 5.74) is 3.52. The van der Waals surface area contributed by atoms with Crippen molar-refractivity contribution >= 4 is 43.5 Å². The summed E-state index contributed by atoms with van der Waals surface area (Å²) in [6.07, 6.45) is 0. The molecule has 8 aromatic carbocycles. The van der Waals surface area contributed by atoms with Gasteiger partial charge in [-0.1, -0.05) is 145 Å². The third-order valence-electron chi connectivity index (χ3n) is 8.19. The molecule has 9 aromatic rings. The number of benzene rings is 8. The Labute approximate surface area is 279 Å². The molecule has 45 heavy (non-hydrogen) atoms. The van der Waals surface area contributed by atoms with Crippen molar-refractivity contribution in [2.75, 3.05) is 0 Å². The summed E-state index contributed by atoms with van der Waals surface area (Å²) in [7, 11) is 0. The molecule has 0 radical (unpaired) electrons. The fraction of sp³-hybridized carbons (Fsp3) is 0. The lowest BCUT2D eigenvalue weighted by Gasteiger charge is -2.20. The standard InChI is InChI=1S/C44H28O/c1-3-14-29(15-4-1)31-18-13-19-32(28-31)41-33-20-7-9-22-35(33)43(36-23-10-8-21-34(36)41)38-26-27-40-44(37-24-11-12-25-39(37)45-40)42(38)30-16-5-2-6-17-30/h1-28H/i1D,3D,4D,7D,8D,9D,10D,14D,15D,20D,21D,22D,23D. The zero-order valence-electron chi connectivity index (χ0n) is 36.6. The number of hydrogen-bond acceptors (Lipinski definition) is 1. The molecule has 1 aromatic heterocycles. The third-order valence-corrected chi connectivity index (χ3v) is 8.19. The molecule has 0 amide bonds. The fourth-order valence-electron chi connectivity index (χ4n) is 6.34. The highest BCUT2D eigenvalue weighted by Gasteiger charge is 2.22. The van der Waals surface area contributed by atoms with E-state index >= 15 is 0 Å². The molecule has 0 spiro atoms. The molecule has 0 atom stereocenters. The number of hydrogen-bond donors (Lipinski definition) is 0. The minimum absolute atomic E-state index is 0.0103. The van der Waals surface area contributed by atoms with Gasteiger partial charge in [0.05, 0.1) is 17.8 Å². The molecule has 0 saturated heterocycles. The van der Waals surface area contributed by atoms with Crippen LogP contribution in [0.4, 0.5) is 0 Å². The van der Waals surface area contributed by atoms with Crippen molar-refractivity contribution in [1.29, 1.82) is 0 Å². The van der Waals surface area contributed by atoms with Crippen LogP contribution in [0.2, 0.25) is 0 Å². The van der Waals surface area contributed by atoms with Crippen LogP contribution < -0.4 is 0 Å². The van der Waals surface area contributed by atoms with Gasteiger partial charge in [-0.15, -0.1) is 0 Å². The molecule has 0 aliphatic rings. The Balaban J connectivity index is 1.54. The summed E-state index contributed by atoms with van der Waals surface area (Å²) in [5, 5.41) is 1.46. The first-order valence-electron chi connectivity index (χ1n) is 20.9. The average molecular weight is 586 g/mol. The van der Waals surface area contributed by atoms with Gasteiger partial charge in [0, 0.05) is 16.3 Å². The van der Waals surface area contributed by atoms with Gasteiger partial charge in [-0.3, -0.25) is 0 Å². The Morgan fingerprint density at radius 2 is 0.978 bits per heavy atom. The molecular weight excluding hydrogens is 544 g/mol. The second-order valence-corrected chi connectivity index (χ2v) is 10.7. The largest absolute Gasteiger partial charge is 0.456 e. The van der Waals surface area contributed by atoms with Crippen molar-refractivity contribution in [3.63, 3.8) is 0 Å². The summed E-state index contributed by atoms with van der Waals surface area (Å²) < 4.78 is 122. The quantitative estimate of drug-likeness (QED) is 0.187. The van der Waals surface area contributed by atoms with Crippen LogP contribution in [0.5, 0.6) is 0 Å². The second kappa shape index (κ2) is 10.4. The number of furan rings is 1. The van der Waals surface area contributed by atoms with Gasteiger partial charge < -0.3 is 4.42 Å². The minimum atomic E-state index is -0.564. The molecule has 9 rings (SSSR count). The molecule has 0 aliphatic heterocycles. The molecule has 0 saturated carbocycles. The van der Waals surface area contributed by atoms with Crippen LogP contribution in [-0.2, 0) is 0 Å². The topological polar surface area (TPSA) is 13.1 Å². The van der Waals surface area contributed by atoms with Gasteiger partial charge in [0.1, 0.15) is 11.2 Å². The average Bonchev–Trinajstić information content (AvgIpc) is 3.62. The second-order valence-electron chi connectivity index (χ2n) is 10.7. The van der Waals surface area contributed by atoms with E-state index in [0.717, 1.165) is 10.9 Å². The minimum Gasteiger partial charge on any atom is -0.456 e. The van der Waals surface area contributed by atoms with E-state index in [1.807, 2.05) is 54.6 Å². The fourth-order valence-corrected chi connectivity index (χ4v) is 6.34. The maximum Gasteiger partial charge on any atom is 0.136 e. The van der Waals surface area contributed by atoms with E-state index in [2.05, 4.69) is 0 Å². The van der Waals surface area contributed by atoms with Crippen LogP contribution >= 0.6 is 0 Å². The molecule has 1 heterocycles. The van der Waals surface area contributed by atoms with E-state index in [4.69, 9.17) is 16.8 Å². The number of rotatable bonds is 4. The summed E-state index contributed by atoms with van der Waals surface area (Å²) >= 11 is 0. The van der Waals surface area contributed by atoms with Crippen molar-refractivity contribution < 1.29 is 22.2 Å². The van der Waals surface area contributed by atoms with Gasteiger partial charge in [0.25, 0.3) is 0 Å². The highest BCUT2D eigenvalue weighted by atomic mass is 16.3. The van der Waals surface area contributed by atoms with E-state index in [0.29, 0.717) is 27.7 Å². The lowest BCUT2D eigenvalue weighted by Crippen LogP contribution is -1.93. The predicted octanol–water partition coefficient (Wildman–Crippen LogP) is 12.6. The third kappa shape index (κ3) is 4.09. The molecule has 0 bridgehead atoms. The molecule has 1 heteroatoms. The zero-order valence-corrected chi connectivity index (χ0v) is 23.6. The van der Waals surface area contributed by atoms with Crippen molar-refractivity contribution in [1.82, 2.24) is 0 Å². The van der Waals surface area contributed by atoms with E-state index < -0.39 is 78.6 Å². The van der Waals surface area contributed by atoms with Crippen molar-refractivity contribution in [2.24, 2.45) is 0 Å². The van der Waals surface area contributed by atoms with Crippen LogP contribution in [0.3, 0.4) is 0 Å². The Morgan fingerprint density at radius 3 is 1.71 bits per heavy atom. The van der Waals surface area contributed by atoms with Crippen molar-refractivity contribution in [3.8, 4) is 44.5 Å². The smallest absolute Gasteiger partial charge is 0.136 e.